The predicted octanol–water partition coefficient (Wildman–Crippen LogP) is 2.97. The molecule has 30 heavy (non-hydrogen) atoms. The summed E-state index contributed by atoms with van der Waals surface area (Å²) < 4.78 is 11.5. The van der Waals surface area contributed by atoms with Crippen molar-refractivity contribution in [1.29, 1.82) is 0 Å². The highest BCUT2D eigenvalue weighted by molar-refractivity contribution is 7.15. The lowest BCUT2D eigenvalue weighted by molar-refractivity contribution is -0.120. The van der Waals surface area contributed by atoms with Crippen molar-refractivity contribution in [3.05, 3.63) is 64.7 Å². The summed E-state index contributed by atoms with van der Waals surface area (Å²) in [7, 11) is 0. The lowest BCUT2D eigenvalue weighted by Gasteiger charge is -2.10. The Balaban J connectivity index is 1.39. The average molecular weight is 426 g/mol. The van der Waals surface area contributed by atoms with Crippen LogP contribution in [-0.2, 0) is 11.2 Å². The number of carbonyl (C=O) groups excluding carboxylic acids is 1. The summed E-state index contributed by atoms with van der Waals surface area (Å²) in [5.74, 6) is 1.33. The maximum atomic E-state index is 11.8. The molecule has 0 saturated heterocycles. The minimum Gasteiger partial charge on any atom is -0.493 e. The van der Waals surface area contributed by atoms with Crippen LogP contribution in [0.5, 0.6) is 11.5 Å². The highest BCUT2D eigenvalue weighted by Gasteiger charge is 2.07. The molecule has 0 spiro atoms. The number of aromatic nitrogens is 2. The molecule has 0 aliphatic carbocycles. The number of carbonyl (C=O) groups is 1. The smallest absolute Gasteiger partial charge is 0.247 e. The zero-order valence-electron chi connectivity index (χ0n) is 16.6. The molecule has 0 atom stereocenters. The van der Waals surface area contributed by atoms with Gasteiger partial charge in [0.05, 0.1) is 25.8 Å². The number of hydrazone groups is 1. The minimum atomic E-state index is -0.288. The Morgan fingerprint density at radius 1 is 1.17 bits per heavy atom. The first-order valence-corrected chi connectivity index (χ1v) is 10.2. The van der Waals surface area contributed by atoms with Crippen LogP contribution in [0.3, 0.4) is 0 Å². The van der Waals surface area contributed by atoms with Gasteiger partial charge < -0.3 is 15.2 Å². The summed E-state index contributed by atoms with van der Waals surface area (Å²) in [5.41, 5.74) is 9.88. The third kappa shape index (κ3) is 6.85. The zero-order valence-corrected chi connectivity index (χ0v) is 17.4. The van der Waals surface area contributed by atoms with Gasteiger partial charge in [-0.2, -0.15) is 5.10 Å². The Kier molecular flexibility index (Phi) is 7.73. The second-order valence-corrected chi connectivity index (χ2v) is 7.49. The number of para-hydroxylation sites is 1. The van der Waals surface area contributed by atoms with Gasteiger partial charge in [0.2, 0.25) is 11.0 Å². The van der Waals surface area contributed by atoms with Crippen molar-refractivity contribution in [2.45, 2.75) is 19.8 Å². The van der Waals surface area contributed by atoms with Gasteiger partial charge in [0, 0.05) is 6.42 Å². The van der Waals surface area contributed by atoms with Crippen LogP contribution in [0.15, 0.2) is 53.6 Å². The fourth-order valence-corrected chi connectivity index (χ4v) is 3.14. The van der Waals surface area contributed by atoms with Crippen LogP contribution in [0, 0.1) is 6.92 Å². The molecular weight excluding hydrogens is 402 g/mol. The number of nitrogens with two attached hydrogens (primary N) is 1. The monoisotopic (exact) mass is 425 g/mol. The molecule has 1 amide bonds. The van der Waals surface area contributed by atoms with Crippen molar-refractivity contribution in [1.82, 2.24) is 15.6 Å². The van der Waals surface area contributed by atoms with Gasteiger partial charge in [0.15, 0.2) is 0 Å². The maximum Gasteiger partial charge on any atom is 0.247 e. The molecule has 1 aromatic heterocycles. The Morgan fingerprint density at radius 2 is 2.00 bits per heavy atom. The normalized spacial score (nSPS) is 10.8. The summed E-state index contributed by atoms with van der Waals surface area (Å²) in [5, 5.41) is 12.3. The molecule has 9 heteroatoms. The van der Waals surface area contributed by atoms with Crippen molar-refractivity contribution in [3.63, 3.8) is 0 Å². The molecule has 1 heterocycles. The quantitative estimate of drug-likeness (QED) is 0.293. The van der Waals surface area contributed by atoms with Crippen molar-refractivity contribution >= 4 is 28.6 Å². The topological polar surface area (TPSA) is 112 Å². The largest absolute Gasteiger partial charge is 0.493 e. The number of hydrogen-bond donors (Lipinski definition) is 2. The summed E-state index contributed by atoms with van der Waals surface area (Å²) in [6.07, 6.45) is 2.40. The van der Waals surface area contributed by atoms with E-state index >= 15 is 0 Å². The van der Waals surface area contributed by atoms with Crippen molar-refractivity contribution in [2.24, 2.45) is 5.10 Å². The molecule has 0 fully saturated rings. The third-order valence-electron chi connectivity index (χ3n) is 3.96. The number of amides is 1. The number of ether oxygens (including phenoxy) is 2. The van der Waals surface area contributed by atoms with E-state index in [9.17, 15) is 4.79 Å². The van der Waals surface area contributed by atoms with Gasteiger partial charge in [-0.1, -0.05) is 41.7 Å². The highest BCUT2D eigenvalue weighted by atomic mass is 32.1. The van der Waals surface area contributed by atoms with E-state index in [0.29, 0.717) is 23.4 Å². The lowest BCUT2D eigenvalue weighted by Crippen LogP contribution is -2.19. The van der Waals surface area contributed by atoms with Gasteiger partial charge >= 0.3 is 0 Å². The summed E-state index contributed by atoms with van der Waals surface area (Å²) in [4.78, 5) is 11.8. The number of hydrogen-bond acceptors (Lipinski definition) is 8. The van der Waals surface area contributed by atoms with Crippen molar-refractivity contribution in [2.75, 3.05) is 18.9 Å². The number of rotatable bonds is 10. The van der Waals surface area contributed by atoms with E-state index in [0.717, 1.165) is 29.0 Å². The van der Waals surface area contributed by atoms with Crippen LogP contribution in [0.4, 0.5) is 5.13 Å². The van der Waals surface area contributed by atoms with Crippen LogP contribution in [0.25, 0.3) is 0 Å². The van der Waals surface area contributed by atoms with E-state index in [2.05, 4.69) is 20.7 Å². The van der Waals surface area contributed by atoms with E-state index in [-0.39, 0.29) is 12.3 Å². The molecule has 0 aliphatic heterocycles. The summed E-state index contributed by atoms with van der Waals surface area (Å²) in [6, 6.07) is 15.4. The molecule has 0 bridgehead atoms. The molecule has 3 rings (SSSR count). The number of aryl methyl sites for hydroxylation is 1. The Labute approximate surface area is 178 Å². The van der Waals surface area contributed by atoms with Crippen LogP contribution in [-0.4, -0.2) is 35.5 Å². The fraction of sp³-hybridized carbons (Fsp3) is 0.238. The van der Waals surface area contributed by atoms with E-state index in [1.54, 1.807) is 6.21 Å². The number of anilines is 1. The molecule has 2 aromatic carbocycles. The Bertz CT molecular complexity index is 1010. The van der Waals surface area contributed by atoms with E-state index in [1.807, 2.05) is 55.5 Å². The van der Waals surface area contributed by atoms with Gasteiger partial charge in [-0.3, -0.25) is 4.79 Å². The van der Waals surface area contributed by atoms with E-state index in [4.69, 9.17) is 15.2 Å². The summed E-state index contributed by atoms with van der Waals surface area (Å²) in [6.45, 7) is 3.14. The second-order valence-electron chi connectivity index (χ2n) is 6.39. The van der Waals surface area contributed by atoms with E-state index < -0.39 is 0 Å². The second kappa shape index (κ2) is 10.9. The average Bonchev–Trinajstić information content (AvgIpc) is 3.14. The highest BCUT2D eigenvalue weighted by Crippen LogP contribution is 2.17. The molecule has 0 unspecified atom stereocenters. The van der Waals surface area contributed by atoms with Crippen molar-refractivity contribution in [3.8, 4) is 11.5 Å². The molecule has 3 aromatic rings. The fourth-order valence-electron chi connectivity index (χ4n) is 2.53. The molecule has 0 aliphatic rings. The third-order valence-corrected chi connectivity index (χ3v) is 4.72. The minimum absolute atomic E-state index is 0.0833. The predicted molar refractivity (Wildman–Crippen MR) is 117 cm³/mol. The molecule has 0 saturated carbocycles. The molecule has 3 N–H and O–H groups in total. The van der Waals surface area contributed by atoms with Crippen LogP contribution < -0.4 is 20.6 Å². The lowest BCUT2D eigenvalue weighted by atomic mass is 10.2. The molecule has 156 valence electrons. The van der Waals surface area contributed by atoms with E-state index in [1.165, 1.54) is 11.3 Å². The van der Waals surface area contributed by atoms with Gasteiger partial charge in [-0.25, -0.2) is 5.43 Å². The van der Waals surface area contributed by atoms with Gasteiger partial charge in [-0.05, 0) is 36.2 Å². The standard InChI is InChI=1S/C21H23N5O3S/c1-15-6-2-3-9-18(15)29-11-5-10-28-17-8-4-7-16(12-17)14-23-24-19(27)13-20-25-26-21(22)30-20/h2-4,6-9,12,14H,5,10-11,13H2,1H3,(H2,22,26)(H,24,27)/b23-14+. The Morgan fingerprint density at radius 3 is 2.80 bits per heavy atom. The van der Waals surface area contributed by atoms with Gasteiger partial charge in [0.25, 0.3) is 0 Å². The summed E-state index contributed by atoms with van der Waals surface area (Å²) >= 11 is 1.18. The number of benzene rings is 2. The molecular formula is C21H23N5O3S. The SMILES string of the molecule is Cc1ccccc1OCCCOc1cccc(/C=N/NC(=O)Cc2nnc(N)s2)c1. The number of nitrogen functional groups attached to an aromatic ring is 1. The first kappa shape index (κ1) is 21.3. The van der Waals surface area contributed by atoms with Gasteiger partial charge in [-0.15, -0.1) is 10.2 Å². The first-order valence-electron chi connectivity index (χ1n) is 9.41. The van der Waals surface area contributed by atoms with Crippen molar-refractivity contribution < 1.29 is 14.3 Å². The van der Waals surface area contributed by atoms with Crippen LogP contribution >= 0.6 is 11.3 Å². The number of nitrogens with zero attached hydrogens (tertiary/aromatic N) is 3. The Hall–Kier alpha value is -3.46. The van der Waals surface area contributed by atoms with Crippen LogP contribution in [0.2, 0.25) is 0 Å². The van der Waals surface area contributed by atoms with Gasteiger partial charge in [0.1, 0.15) is 16.5 Å². The number of nitrogens with one attached hydrogen (secondary N) is 1. The molecule has 8 nitrogen and oxygen atoms in total. The first-order chi connectivity index (χ1) is 14.6. The van der Waals surface area contributed by atoms with Crippen LogP contribution in [0.1, 0.15) is 22.6 Å². The zero-order chi connectivity index (χ0) is 21.2. The molecule has 0 radical (unpaired) electrons. The maximum absolute atomic E-state index is 11.8.